The standard InChI is InChI=1S/C18H18ClN3O2/c1-3-22(18(23)21-14-8-6-10-20-17(14)19)12(2)16-11-13-7-4-5-9-15(13)24-16/h4-12H,3H2,1-2H3,(H,21,23). The number of benzene rings is 1. The lowest BCUT2D eigenvalue weighted by Gasteiger charge is -2.26. The number of aromatic nitrogens is 1. The van der Waals surface area contributed by atoms with Crippen LogP contribution in [-0.2, 0) is 0 Å². The van der Waals surface area contributed by atoms with Crippen LogP contribution in [0.1, 0.15) is 25.6 Å². The largest absolute Gasteiger partial charge is 0.459 e. The highest BCUT2D eigenvalue weighted by molar-refractivity contribution is 6.32. The molecule has 0 aliphatic heterocycles. The second-order valence-corrected chi connectivity index (χ2v) is 5.78. The zero-order chi connectivity index (χ0) is 17.1. The van der Waals surface area contributed by atoms with E-state index in [1.165, 1.54) is 0 Å². The second-order valence-electron chi connectivity index (χ2n) is 5.42. The third-order valence-electron chi connectivity index (χ3n) is 3.93. The fourth-order valence-corrected chi connectivity index (χ4v) is 2.79. The lowest BCUT2D eigenvalue weighted by atomic mass is 10.2. The van der Waals surface area contributed by atoms with Crippen LogP contribution in [0.5, 0.6) is 0 Å². The first-order chi connectivity index (χ1) is 11.6. The van der Waals surface area contributed by atoms with Crippen LogP contribution in [0, 0.1) is 0 Å². The summed E-state index contributed by atoms with van der Waals surface area (Å²) < 4.78 is 5.88. The molecule has 1 aromatic carbocycles. The summed E-state index contributed by atoms with van der Waals surface area (Å²) in [6.45, 7) is 4.39. The number of nitrogens with one attached hydrogen (secondary N) is 1. The number of carbonyl (C=O) groups is 1. The van der Waals surface area contributed by atoms with Crippen LogP contribution in [0.4, 0.5) is 10.5 Å². The Labute approximate surface area is 145 Å². The fraction of sp³-hybridized carbons (Fsp3) is 0.222. The Hall–Kier alpha value is -2.53. The normalized spacial score (nSPS) is 12.1. The van der Waals surface area contributed by atoms with Gasteiger partial charge in [0.2, 0.25) is 0 Å². The number of hydrogen-bond acceptors (Lipinski definition) is 3. The van der Waals surface area contributed by atoms with E-state index in [0.717, 1.165) is 16.7 Å². The highest BCUT2D eigenvalue weighted by Gasteiger charge is 2.23. The molecule has 0 bridgehead atoms. The molecular weight excluding hydrogens is 326 g/mol. The van der Waals surface area contributed by atoms with Gasteiger partial charge in [0.1, 0.15) is 11.3 Å². The van der Waals surface area contributed by atoms with Crippen LogP contribution in [0.3, 0.4) is 0 Å². The number of nitrogens with zero attached hydrogens (tertiary/aromatic N) is 2. The van der Waals surface area contributed by atoms with E-state index < -0.39 is 0 Å². The summed E-state index contributed by atoms with van der Waals surface area (Å²) in [6.07, 6.45) is 1.58. The number of pyridine rings is 1. The molecule has 0 aliphatic rings. The summed E-state index contributed by atoms with van der Waals surface area (Å²) >= 11 is 6.00. The number of halogens is 1. The minimum absolute atomic E-state index is 0.210. The molecular formula is C18H18ClN3O2. The number of hydrogen-bond donors (Lipinski definition) is 1. The van der Waals surface area contributed by atoms with Gasteiger partial charge in [-0.3, -0.25) is 0 Å². The maximum atomic E-state index is 12.6. The number of urea groups is 1. The van der Waals surface area contributed by atoms with Crippen molar-refractivity contribution in [3.8, 4) is 0 Å². The number of para-hydroxylation sites is 1. The highest BCUT2D eigenvalue weighted by Crippen LogP contribution is 2.28. The first kappa shape index (κ1) is 16.3. The number of carbonyl (C=O) groups excluding carboxylic acids is 1. The van der Waals surface area contributed by atoms with Gasteiger partial charge in [0, 0.05) is 18.1 Å². The molecule has 1 N–H and O–H groups in total. The topological polar surface area (TPSA) is 58.4 Å². The predicted octanol–water partition coefficient (Wildman–Crippen LogP) is 5.10. The van der Waals surface area contributed by atoms with E-state index >= 15 is 0 Å². The van der Waals surface area contributed by atoms with Crippen LogP contribution in [-0.4, -0.2) is 22.5 Å². The van der Waals surface area contributed by atoms with Crippen LogP contribution in [0.25, 0.3) is 11.0 Å². The second kappa shape index (κ2) is 6.93. The Kier molecular flexibility index (Phi) is 4.71. The molecule has 0 aliphatic carbocycles. The van der Waals surface area contributed by atoms with Crippen LogP contribution >= 0.6 is 11.6 Å². The molecule has 2 amide bonds. The van der Waals surface area contributed by atoms with Crippen molar-refractivity contribution < 1.29 is 9.21 Å². The van der Waals surface area contributed by atoms with Gasteiger partial charge >= 0.3 is 6.03 Å². The zero-order valence-corrected chi connectivity index (χ0v) is 14.2. The van der Waals surface area contributed by atoms with Gasteiger partial charge in [-0.2, -0.15) is 0 Å². The molecule has 5 nitrogen and oxygen atoms in total. The molecule has 2 aromatic heterocycles. The van der Waals surface area contributed by atoms with Gasteiger partial charge in [0.15, 0.2) is 5.15 Å². The number of anilines is 1. The monoisotopic (exact) mass is 343 g/mol. The fourth-order valence-electron chi connectivity index (χ4n) is 2.62. The van der Waals surface area contributed by atoms with Crippen molar-refractivity contribution in [1.82, 2.24) is 9.88 Å². The Morgan fingerprint density at radius 2 is 2.12 bits per heavy atom. The van der Waals surface area contributed by atoms with Gasteiger partial charge in [-0.05, 0) is 38.1 Å². The number of furan rings is 1. The molecule has 3 rings (SSSR count). The van der Waals surface area contributed by atoms with Gasteiger partial charge in [0.25, 0.3) is 0 Å². The SMILES string of the molecule is CCN(C(=O)Nc1cccnc1Cl)C(C)c1cc2ccccc2o1. The molecule has 2 heterocycles. The first-order valence-electron chi connectivity index (χ1n) is 7.76. The third-order valence-corrected chi connectivity index (χ3v) is 4.23. The molecule has 0 saturated carbocycles. The van der Waals surface area contributed by atoms with Gasteiger partial charge in [-0.25, -0.2) is 9.78 Å². The van der Waals surface area contributed by atoms with E-state index in [0.29, 0.717) is 12.2 Å². The molecule has 0 fully saturated rings. The van der Waals surface area contributed by atoms with Gasteiger partial charge in [-0.1, -0.05) is 29.8 Å². The van der Waals surface area contributed by atoms with Crippen molar-refractivity contribution >= 4 is 34.3 Å². The van der Waals surface area contributed by atoms with E-state index in [-0.39, 0.29) is 17.2 Å². The molecule has 0 radical (unpaired) electrons. The molecule has 24 heavy (non-hydrogen) atoms. The summed E-state index contributed by atoms with van der Waals surface area (Å²) in [4.78, 5) is 18.3. The maximum absolute atomic E-state index is 12.6. The lowest BCUT2D eigenvalue weighted by molar-refractivity contribution is 0.189. The summed E-state index contributed by atoms with van der Waals surface area (Å²) in [5.41, 5.74) is 1.30. The van der Waals surface area contributed by atoms with Gasteiger partial charge < -0.3 is 14.6 Å². The van der Waals surface area contributed by atoms with Crippen molar-refractivity contribution in [3.63, 3.8) is 0 Å². The smallest absolute Gasteiger partial charge is 0.322 e. The highest BCUT2D eigenvalue weighted by atomic mass is 35.5. The molecule has 3 aromatic rings. The molecule has 0 saturated heterocycles. The summed E-state index contributed by atoms with van der Waals surface area (Å²) in [5, 5.41) is 4.08. The minimum Gasteiger partial charge on any atom is -0.459 e. The number of rotatable bonds is 4. The lowest BCUT2D eigenvalue weighted by Crippen LogP contribution is -2.36. The molecule has 1 atom stereocenters. The van der Waals surface area contributed by atoms with Crippen molar-refractivity contribution in [3.05, 3.63) is 59.6 Å². The van der Waals surface area contributed by atoms with E-state index in [2.05, 4.69) is 10.3 Å². The van der Waals surface area contributed by atoms with E-state index in [1.807, 2.05) is 44.2 Å². The van der Waals surface area contributed by atoms with Crippen LogP contribution < -0.4 is 5.32 Å². The van der Waals surface area contributed by atoms with Crippen molar-refractivity contribution in [2.75, 3.05) is 11.9 Å². The zero-order valence-electron chi connectivity index (χ0n) is 13.5. The maximum Gasteiger partial charge on any atom is 0.322 e. The number of fused-ring (bicyclic) bond motifs is 1. The number of amides is 2. The van der Waals surface area contributed by atoms with E-state index in [9.17, 15) is 4.79 Å². The van der Waals surface area contributed by atoms with Crippen molar-refractivity contribution in [2.45, 2.75) is 19.9 Å². The van der Waals surface area contributed by atoms with E-state index in [1.54, 1.807) is 23.2 Å². The molecule has 1 unspecified atom stereocenters. The Morgan fingerprint density at radius 1 is 1.33 bits per heavy atom. The van der Waals surface area contributed by atoms with Crippen molar-refractivity contribution in [1.29, 1.82) is 0 Å². The molecule has 6 heteroatoms. The quantitative estimate of drug-likeness (QED) is 0.671. The van der Waals surface area contributed by atoms with Gasteiger partial charge in [0.05, 0.1) is 11.7 Å². The minimum atomic E-state index is -0.250. The average Bonchev–Trinajstić information content (AvgIpc) is 3.01. The van der Waals surface area contributed by atoms with E-state index in [4.69, 9.17) is 16.0 Å². The van der Waals surface area contributed by atoms with Crippen LogP contribution in [0.2, 0.25) is 5.15 Å². The summed E-state index contributed by atoms with van der Waals surface area (Å²) in [6, 6.07) is 12.7. The van der Waals surface area contributed by atoms with Gasteiger partial charge in [-0.15, -0.1) is 0 Å². The Bertz CT molecular complexity index is 829. The third kappa shape index (κ3) is 3.21. The summed E-state index contributed by atoms with van der Waals surface area (Å²) in [7, 11) is 0. The van der Waals surface area contributed by atoms with Crippen LogP contribution in [0.15, 0.2) is 53.1 Å². The summed E-state index contributed by atoms with van der Waals surface area (Å²) in [5.74, 6) is 0.741. The van der Waals surface area contributed by atoms with Crippen molar-refractivity contribution in [2.24, 2.45) is 0 Å². The Balaban J connectivity index is 1.81. The first-order valence-corrected chi connectivity index (χ1v) is 8.14. The average molecular weight is 344 g/mol. The molecule has 0 spiro atoms. The molecule has 124 valence electrons. The predicted molar refractivity (Wildman–Crippen MR) is 95.3 cm³/mol. The Morgan fingerprint density at radius 3 is 2.83 bits per heavy atom.